The molecule has 0 aromatic carbocycles. The van der Waals surface area contributed by atoms with E-state index in [1.54, 1.807) is 0 Å². The molecule has 0 unspecified atom stereocenters. The van der Waals surface area contributed by atoms with Crippen molar-refractivity contribution >= 4 is 0 Å². The first-order chi connectivity index (χ1) is 4.91. The smallest absolute Gasteiger partial charge is 0.00772 e. The molecule has 11 heavy (non-hydrogen) atoms. The van der Waals surface area contributed by atoms with Gasteiger partial charge in [-0.25, -0.2) is 0 Å². The number of rotatable bonds is 7. The average Bonchev–Trinajstić information content (AvgIpc) is 1.97. The second-order valence-electron chi connectivity index (χ2n) is 2.14. The Hall–Kier alpha value is 0.984. The van der Waals surface area contributed by atoms with Crippen LogP contribution in [0.25, 0.3) is 0 Å². The van der Waals surface area contributed by atoms with Crippen molar-refractivity contribution in [2.24, 2.45) is 5.73 Å². The normalized spacial score (nSPS) is 9.27. The van der Waals surface area contributed by atoms with Crippen LogP contribution in [0.5, 0.6) is 0 Å². The van der Waals surface area contributed by atoms with Crippen molar-refractivity contribution in [2.75, 3.05) is 32.7 Å². The molecule has 0 bridgehead atoms. The standard InChI is InChI=1S/C7H18N3.Y/c1-2-4-9-6-7-10-5-3-8;/h9-10H,1-8H2;/q-1;. The van der Waals surface area contributed by atoms with E-state index in [9.17, 15) is 0 Å². The molecule has 0 saturated carbocycles. The average molecular weight is 233 g/mol. The number of hydrogen-bond acceptors (Lipinski definition) is 3. The zero-order valence-corrected chi connectivity index (χ0v) is 9.94. The van der Waals surface area contributed by atoms with Gasteiger partial charge in [-0.2, -0.15) is 6.42 Å². The first-order valence-corrected chi connectivity index (χ1v) is 3.82. The molecule has 0 aliphatic heterocycles. The summed E-state index contributed by atoms with van der Waals surface area (Å²) in [6.45, 7) is 8.35. The molecule has 0 fully saturated rings. The van der Waals surface area contributed by atoms with E-state index in [2.05, 4.69) is 17.6 Å². The van der Waals surface area contributed by atoms with E-state index in [4.69, 9.17) is 5.73 Å². The Labute approximate surface area is 94.8 Å². The molecular formula is C7H18N3Y-. The predicted molar refractivity (Wildman–Crippen MR) is 44.8 cm³/mol. The summed E-state index contributed by atoms with van der Waals surface area (Å²) in [5, 5.41) is 6.41. The summed E-state index contributed by atoms with van der Waals surface area (Å²) in [5.74, 6) is 0. The first kappa shape index (κ1) is 14.5. The minimum Gasteiger partial charge on any atom is -0.342 e. The van der Waals surface area contributed by atoms with Crippen LogP contribution in [-0.2, 0) is 32.7 Å². The molecule has 0 aliphatic carbocycles. The third-order valence-corrected chi connectivity index (χ3v) is 1.15. The summed E-state index contributed by atoms with van der Waals surface area (Å²) in [4.78, 5) is 0. The van der Waals surface area contributed by atoms with Crippen LogP contribution in [0.2, 0.25) is 0 Å². The van der Waals surface area contributed by atoms with Gasteiger partial charge in [-0.05, 0) is 6.54 Å². The van der Waals surface area contributed by atoms with Crippen molar-refractivity contribution in [2.45, 2.75) is 6.42 Å². The number of hydrogen-bond donors (Lipinski definition) is 3. The summed E-state index contributed by atoms with van der Waals surface area (Å²) in [6, 6.07) is 0. The van der Waals surface area contributed by atoms with Crippen LogP contribution in [0.15, 0.2) is 0 Å². The summed E-state index contributed by atoms with van der Waals surface area (Å²) in [7, 11) is 0. The molecule has 0 spiro atoms. The minimum atomic E-state index is 0. The summed E-state index contributed by atoms with van der Waals surface area (Å²) >= 11 is 0. The minimum absolute atomic E-state index is 0. The molecule has 0 atom stereocenters. The third-order valence-electron chi connectivity index (χ3n) is 1.15. The topological polar surface area (TPSA) is 50.1 Å². The monoisotopic (exact) mass is 233 g/mol. The Kier molecular flexibility index (Phi) is 17.9. The molecule has 3 nitrogen and oxygen atoms in total. The fourth-order valence-electron chi connectivity index (χ4n) is 0.654. The fraction of sp³-hybridized carbons (Fsp3) is 0.857. The summed E-state index contributed by atoms with van der Waals surface area (Å²) < 4.78 is 0. The van der Waals surface area contributed by atoms with Crippen molar-refractivity contribution in [3.63, 3.8) is 0 Å². The molecule has 0 heterocycles. The largest absolute Gasteiger partial charge is 0.342 e. The van der Waals surface area contributed by atoms with E-state index >= 15 is 0 Å². The van der Waals surface area contributed by atoms with Gasteiger partial charge in [0.15, 0.2) is 0 Å². The van der Waals surface area contributed by atoms with E-state index in [1.165, 1.54) is 0 Å². The number of nitrogens with one attached hydrogen (secondary N) is 2. The van der Waals surface area contributed by atoms with Crippen molar-refractivity contribution in [3.8, 4) is 0 Å². The fourth-order valence-corrected chi connectivity index (χ4v) is 0.654. The van der Waals surface area contributed by atoms with Gasteiger partial charge in [-0.1, -0.05) is 0 Å². The van der Waals surface area contributed by atoms with Gasteiger partial charge in [0.05, 0.1) is 0 Å². The van der Waals surface area contributed by atoms with Crippen LogP contribution in [0.1, 0.15) is 6.42 Å². The molecule has 0 aliphatic rings. The van der Waals surface area contributed by atoms with Gasteiger partial charge in [0.1, 0.15) is 0 Å². The molecule has 0 rings (SSSR count). The molecule has 65 valence electrons. The van der Waals surface area contributed by atoms with Crippen molar-refractivity contribution < 1.29 is 32.7 Å². The zero-order chi connectivity index (χ0) is 7.66. The van der Waals surface area contributed by atoms with Crippen molar-refractivity contribution in [1.82, 2.24) is 10.6 Å². The van der Waals surface area contributed by atoms with Crippen LogP contribution in [0.3, 0.4) is 0 Å². The van der Waals surface area contributed by atoms with Gasteiger partial charge in [0, 0.05) is 58.9 Å². The Balaban J connectivity index is 0. The van der Waals surface area contributed by atoms with E-state index in [-0.39, 0.29) is 32.7 Å². The molecule has 0 aromatic rings. The van der Waals surface area contributed by atoms with Gasteiger partial charge in [0.25, 0.3) is 0 Å². The third kappa shape index (κ3) is 13.9. The molecule has 4 heteroatoms. The van der Waals surface area contributed by atoms with Crippen molar-refractivity contribution in [1.29, 1.82) is 0 Å². The summed E-state index contributed by atoms with van der Waals surface area (Å²) in [5.41, 5.74) is 5.28. The number of nitrogens with two attached hydrogens (primary N) is 1. The van der Waals surface area contributed by atoms with Crippen LogP contribution in [0.4, 0.5) is 0 Å². The molecule has 4 N–H and O–H groups in total. The van der Waals surface area contributed by atoms with Crippen molar-refractivity contribution in [3.05, 3.63) is 6.92 Å². The summed E-state index contributed by atoms with van der Waals surface area (Å²) in [6.07, 6.45) is 0.955. The Bertz CT molecular complexity index is 53.6. The Morgan fingerprint density at radius 2 is 1.55 bits per heavy atom. The maximum atomic E-state index is 5.28. The molecular weight excluding hydrogens is 215 g/mol. The van der Waals surface area contributed by atoms with E-state index in [1.807, 2.05) is 0 Å². The molecule has 0 amide bonds. The van der Waals surface area contributed by atoms with Crippen LogP contribution >= 0.6 is 0 Å². The maximum Gasteiger partial charge on any atom is 0.00772 e. The van der Waals surface area contributed by atoms with E-state index in [0.29, 0.717) is 0 Å². The first-order valence-electron chi connectivity index (χ1n) is 3.82. The zero-order valence-electron chi connectivity index (χ0n) is 7.10. The van der Waals surface area contributed by atoms with Gasteiger partial charge in [-0.3, -0.25) is 0 Å². The maximum absolute atomic E-state index is 5.28. The Morgan fingerprint density at radius 3 is 2.00 bits per heavy atom. The second kappa shape index (κ2) is 13.6. The van der Waals surface area contributed by atoms with E-state index in [0.717, 1.165) is 39.1 Å². The van der Waals surface area contributed by atoms with Gasteiger partial charge < -0.3 is 23.3 Å². The second-order valence-corrected chi connectivity index (χ2v) is 2.14. The van der Waals surface area contributed by atoms with Gasteiger partial charge >= 0.3 is 0 Å². The van der Waals surface area contributed by atoms with Crippen LogP contribution in [0, 0.1) is 6.92 Å². The molecule has 0 saturated heterocycles. The SMILES string of the molecule is [CH2-]CCNCCNCCN.[Y]. The quantitative estimate of drug-likeness (QED) is 0.404. The Morgan fingerprint density at radius 1 is 1.00 bits per heavy atom. The molecule has 0 aromatic heterocycles. The van der Waals surface area contributed by atoms with Crippen LogP contribution < -0.4 is 16.4 Å². The van der Waals surface area contributed by atoms with Gasteiger partial charge in [0.2, 0.25) is 0 Å². The van der Waals surface area contributed by atoms with E-state index < -0.39 is 0 Å². The predicted octanol–water partition coefficient (Wildman–Crippen LogP) is -0.654. The molecule has 1 radical (unpaired) electrons. The van der Waals surface area contributed by atoms with Crippen LogP contribution in [-0.4, -0.2) is 32.7 Å². The van der Waals surface area contributed by atoms with Gasteiger partial charge in [-0.15, -0.1) is 0 Å².